The van der Waals surface area contributed by atoms with Crippen molar-refractivity contribution in [2.75, 3.05) is 0 Å². The van der Waals surface area contributed by atoms with Crippen molar-refractivity contribution in [3.63, 3.8) is 0 Å². The van der Waals surface area contributed by atoms with Crippen LogP contribution in [0.1, 0.15) is 43.3 Å². The second-order valence-corrected chi connectivity index (χ2v) is 5.78. The van der Waals surface area contributed by atoms with E-state index in [-0.39, 0.29) is 5.41 Å². The fourth-order valence-corrected chi connectivity index (χ4v) is 1.96. The molecule has 0 fully saturated rings. The first-order valence-electron chi connectivity index (χ1n) is 6.37. The van der Waals surface area contributed by atoms with Crippen LogP contribution in [-0.2, 0) is 12.5 Å². The first-order chi connectivity index (χ1) is 8.88. The highest BCUT2D eigenvalue weighted by atomic mass is 15.3. The summed E-state index contributed by atoms with van der Waals surface area (Å²) in [5.74, 6) is 0. The van der Waals surface area contributed by atoms with Crippen LogP contribution in [0.5, 0.6) is 0 Å². The molecule has 0 saturated carbocycles. The Balaban J connectivity index is 2.37. The zero-order valence-corrected chi connectivity index (χ0v) is 12.2. The van der Waals surface area contributed by atoms with Crippen LogP contribution in [0.4, 0.5) is 0 Å². The minimum atomic E-state index is 0.0294. The van der Waals surface area contributed by atoms with E-state index in [1.807, 2.05) is 37.1 Å². The summed E-state index contributed by atoms with van der Waals surface area (Å²) in [5, 5.41) is 4.55. The van der Waals surface area contributed by atoms with E-state index in [4.69, 9.17) is 0 Å². The molecule has 19 heavy (non-hydrogen) atoms. The first kappa shape index (κ1) is 13.5. The summed E-state index contributed by atoms with van der Waals surface area (Å²) in [7, 11) is 1.95. The standard InChI is InChI=1S/C15H20N4/c1-11-8-16-10-17-13(11)7-6-12-9-19(5)18-14(12)15(2,3)4/h6-10H,1-5H3. The van der Waals surface area contributed by atoms with Crippen LogP contribution in [0.15, 0.2) is 18.7 Å². The molecule has 0 unspecified atom stereocenters. The number of nitrogens with zero attached hydrogens (tertiary/aromatic N) is 4. The van der Waals surface area contributed by atoms with Crippen LogP contribution in [0.2, 0.25) is 0 Å². The van der Waals surface area contributed by atoms with Gasteiger partial charge in [0.2, 0.25) is 0 Å². The summed E-state index contributed by atoms with van der Waals surface area (Å²) >= 11 is 0. The van der Waals surface area contributed by atoms with Crippen molar-refractivity contribution < 1.29 is 0 Å². The molecule has 0 aliphatic heterocycles. The van der Waals surface area contributed by atoms with Gasteiger partial charge < -0.3 is 0 Å². The predicted molar refractivity (Wildman–Crippen MR) is 77.6 cm³/mol. The van der Waals surface area contributed by atoms with Crippen molar-refractivity contribution >= 4 is 12.2 Å². The molecule has 0 aliphatic rings. The van der Waals surface area contributed by atoms with Gasteiger partial charge in [-0.1, -0.05) is 20.8 Å². The van der Waals surface area contributed by atoms with E-state index in [2.05, 4.69) is 41.9 Å². The van der Waals surface area contributed by atoms with Gasteiger partial charge in [-0.3, -0.25) is 4.68 Å². The fraction of sp³-hybridized carbons (Fsp3) is 0.400. The fourth-order valence-electron chi connectivity index (χ4n) is 1.96. The SMILES string of the molecule is Cc1cncnc1C=Cc1cn(C)nc1C(C)(C)C. The van der Waals surface area contributed by atoms with E-state index in [1.54, 1.807) is 6.33 Å². The third kappa shape index (κ3) is 3.08. The number of hydrogen-bond donors (Lipinski definition) is 0. The molecule has 2 rings (SSSR count). The molecule has 0 atom stereocenters. The summed E-state index contributed by atoms with van der Waals surface area (Å²) in [4.78, 5) is 8.27. The summed E-state index contributed by atoms with van der Waals surface area (Å²) < 4.78 is 1.85. The molecule has 2 aromatic heterocycles. The first-order valence-corrected chi connectivity index (χ1v) is 6.37. The lowest BCUT2D eigenvalue weighted by Crippen LogP contribution is -2.13. The lowest BCUT2D eigenvalue weighted by Gasteiger charge is -2.16. The number of aryl methyl sites for hydroxylation is 2. The average Bonchev–Trinajstić information content (AvgIpc) is 2.69. The highest BCUT2D eigenvalue weighted by Gasteiger charge is 2.20. The van der Waals surface area contributed by atoms with Crippen LogP contribution in [0.3, 0.4) is 0 Å². The monoisotopic (exact) mass is 256 g/mol. The van der Waals surface area contributed by atoms with Crippen LogP contribution in [-0.4, -0.2) is 19.7 Å². The Morgan fingerprint density at radius 2 is 1.95 bits per heavy atom. The van der Waals surface area contributed by atoms with E-state index in [9.17, 15) is 0 Å². The van der Waals surface area contributed by atoms with Crippen LogP contribution in [0.25, 0.3) is 12.2 Å². The molecule has 0 amide bonds. The normalized spacial score (nSPS) is 12.3. The van der Waals surface area contributed by atoms with Crippen molar-refractivity contribution in [3.05, 3.63) is 41.2 Å². The molecule has 0 bridgehead atoms. The Morgan fingerprint density at radius 1 is 1.21 bits per heavy atom. The zero-order chi connectivity index (χ0) is 14.0. The molecule has 0 spiro atoms. The van der Waals surface area contributed by atoms with Crippen molar-refractivity contribution in [1.82, 2.24) is 19.7 Å². The smallest absolute Gasteiger partial charge is 0.116 e. The largest absolute Gasteiger partial charge is 0.275 e. The Kier molecular flexibility index (Phi) is 3.51. The second-order valence-electron chi connectivity index (χ2n) is 5.78. The van der Waals surface area contributed by atoms with E-state index >= 15 is 0 Å². The Labute approximate surface area is 114 Å². The highest BCUT2D eigenvalue weighted by molar-refractivity contribution is 5.70. The van der Waals surface area contributed by atoms with E-state index in [1.165, 1.54) is 0 Å². The third-order valence-corrected chi connectivity index (χ3v) is 2.92. The molecule has 2 aromatic rings. The summed E-state index contributed by atoms with van der Waals surface area (Å²) in [6.45, 7) is 8.52. The number of hydrogen-bond acceptors (Lipinski definition) is 3. The molecule has 4 nitrogen and oxygen atoms in total. The number of aromatic nitrogens is 4. The van der Waals surface area contributed by atoms with Gasteiger partial charge in [-0.05, 0) is 24.6 Å². The maximum Gasteiger partial charge on any atom is 0.116 e. The van der Waals surface area contributed by atoms with Crippen molar-refractivity contribution in [2.24, 2.45) is 7.05 Å². The van der Waals surface area contributed by atoms with E-state index in [0.717, 1.165) is 22.5 Å². The predicted octanol–water partition coefficient (Wildman–Crippen LogP) is 2.99. The molecule has 0 radical (unpaired) electrons. The van der Waals surface area contributed by atoms with Gasteiger partial charge in [-0.25, -0.2) is 9.97 Å². The van der Waals surface area contributed by atoms with Crippen molar-refractivity contribution in [3.8, 4) is 0 Å². The van der Waals surface area contributed by atoms with Gasteiger partial charge in [-0.15, -0.1) is 0 Å². The molecular weight excluding hydrogens is 236 g/mol. The molecule has 0 aromatic carbocycles. The zero-order valence-electron chi connectivity index (χ0n) is 12.2. The Hall–Kier alpha value is -1.97. The number of rotatable bonds is 2. The van der Waals surface area contributed by atoms with Gasteiger partial charge >= 0.3 is 0 Å². The highest BCUT2D eigenvalue weighted by Crippen LogP contribution is 2.25. The molecule has 100 valence electrons. The Morgan fingerprint density at radius 3 is 2.58 bits per heavy atom. The maximum absolute atomic E-state index is 4.55. The lowest BCUT2D eigenvalue weighted by molar-refractivity contribution is 0.552. The molecule has 2 heterocycles. The summed E-state index contributed by atoms with van der Waals surface area (Å²) in [5.41, 5.74) is 4.27. The Bertz CT molecular complexity index is 603. The minimum absolute atomic E-state index is 0.0294. The van der Waals surface area contributed by atoms with Crippen LogP contribution < -0.4 is 0 Å². The van der Waals surface area contributed by atoms with Crippen LogP contribution >= 0.6 is 0 Å². The molecule has 0 N–H and O–H groups in total. The minimum Gasteiger partial charge on any atom is -0.275 e. The average molecular weight is 256 g/mol. The molecule has 0 aliphatic carbocycles. The van der Waals surface area contributed by atoms with E-state index < -0.39 is 0 Å². The van der Waals surface area contributed by atoms with Crippen LogP contribution in [0, 0.1) is 6.92 Å². The molecule has 4 heteroatoms. The topological polar surface area (TPSA) is 43.6 Å². The van der Waals surface area contributed by atoms with Crippen molar-refractivity contribution in [2.45, 2.75) is 33.1 Å². The van der Waals surface area contributed by atoms with Gasteiger partial charge in [0.05, 0.1) is 11.4 Å². The van der Waals surface area contributed by atoms with E-state index in [0.29, 0.717) is 0 Å². The summed E-state index contributed by atoms with van der Waals surface area (Å²) in [6, 6.07) is 0. The van der Waals surface area contributed by atoms with Gasteiger partial charge in [0.1, 0.15) is 6.33 Å². The van der Waals surface area contributed by atoms with Gasteiger partial charge in [0.25, 0.3) is 0 Å². The van der Waals surface area contributed by atoms with Gasteiger partial charge in [0.15, 0.2) is 0 Å². The van der Waals surface area contributed by atoms with Gasteiger partial charge in [-0.2, -0.15) is 5.10 Å². The molecule has 0 saturated heterocycles. The quantitative estimate of drug-likeness (QED) is 0.829. The second kappa shape index (κ2) is 4.96. The lowest BCUT2D eigenvalue weighted by atomic mass is 9.89. The third-order valence-electron chi connectivity index (χ3n) is 2.92. The summed E-state index contributed by atoms with van der Waals surface area (Å²) in [6.07, 6.45) is 9.51. The van der Waals surface area contributed by atoms with Gasteiger partial charge in [0, 0.05) is 30.4 Å². The molecular formula is C15H20N4. The van der Waals surface area contributed by atoms with Crippen molar-refractivity contribution in [1.29, 1.82) is 0 Å². The maximum atomic E-state index is 4.55.